The summed E-state index contributed by atoms with van der Waals surface area (Å²) in [5.41, 5.74) is 3.04. The lowest BCUT2D eigenvalue weighted by Crippen LogP contribution is -2.52. The molecule has 0 aliphatic heterocycles. The Morgan fingerprint density at radius 3 is 2.03 bits per heavy atom. The van der Waals surface area contributed by atoms with E-state index in [1.165, 1.54) is 17.0 Å². The minimum Gasteiger partial charge on any atom is -0.352 e. The molecule has 0 saturated carbocycles. The average Bonchev–Trinajstić information content (AvgIpc) is 2.87. The summed E-state index contributed by atoms with van der Waals surface area (Å²) in [5, 5.41) is 2.86. The van der Waals surface area contributed by atoms with Crippen LogP contribution < -0.4 is 9.62 Å². The third-order valence-corrected chi connectivity index (χ3v) is 7.84. The first-order valence-electron chi connectivity index (χ1n) is 12.3. The number of amides is 2. The summed E-state index contributed by atoms with van der Waals surface area (Å²) < 4.78 is 28.7. The van der Waals surface area contributed by atoms with E-state index >= 15 is 0 Å². The summed E-state index contributed by atoms with van der Waals surface area (Å²) in [7, 11) is -4.06. The normalized spacial score (nSPS) is 12.2. The van der Waals surface area contributed by atoms with E-state index in [-0.39, 0.29) is 23.4 Å². The van der Waals surface area contributed by atoms with Crippen molar-refractivity contribution in [2.24, 2.45) is 0 Å². The second-order valence-electron chi connectivity index (χ2n) is 9.46. The molecule has 0 radical (unpaired) electrons. The van der Waals surface area contributed by atoms with Gasteiger partial charge in [-0.2, -0.15) is 0 Å². The molecule has 196 valence electrons. The molecular formula is C29H35N3O4S. The standard InChI is InChI=1S/C29H35N3O4S/c1-21(2)30-29(34)24(5)31(19-25-17-15-22(3)16-18-25)28(33)20-32(27-14-10-9-11-23(27)4)37(35,36)26-12-7-6-8-13-26/h6-18,21,24H,19-20H2,1-5H3,(H,30,34)/t24-/m0/s1. The summed E-state index contributed by atoms with van der Waals surface area (Å²) in [6, 6.07) is 21.9. The Morgan fingerprint density at radius 1 is 0.838 bits per heavy atom. The van der Waals surface area contributed by atoms with Gasteiger partial charge >= 0.3 is 0 Å². The number of carbonyl (C=O) groups excluding carboxylic acids is 2. The monoisotopic (exact) mass is 521 g/mol. The van der Waals surface area contributed by atoms with Gasteiger partial charge in [0.15, 0.2) is 0 Å². The fourth-order valence-electron chi connectivity index (χ4n) is 3.95. The molecule has 3 aromatic carbocycles. The Morgan fingerprint density at radius 2 is 1.43 bits per heavy atom. The van der Waals surface area contributed by atoms with Crippen LogP contribution in [0.2, 0.25) is 0 Å². The van der Waals surface area contributed by atoms with Gasteiger partial charge in [-0.25, -0.2) is 8.42 Å². The highest BCUT2D eigenvalue weighted by Gasteiger charge is 2.33. The maximum atomic E-state index is 13.9. The van der Waals surface area contributed by atoms with E-state index in [0.29, 0.717) is 11.3 Å². The van der Waals surface area contributed by atoms with Gasteiger partial charge < -0.3 is 10.2 Å². The molecule has 8 heteroatoms. The fourth-order valence-corrected chi connectivity index (χ4v) is 5.45. The van der Waals surface area contributed by atoms with Gasteiger partial charge in [0, 0.05) is 12.6 Å². The molecule has 3 rings (SSSR count). The van der Waals surface area contributed by atoms with Gasteiger partial charge in [0.2, 0.25) is 11.8 Å². The molecule has 3 aromatic rings. The van der Waals surface area contributed by atoms with Crippen LogP contribution in [0.25, 0.3) is 0 Å². The van der Waals surface area contributed by atoms with E-state index in [9.17, 15) is 18.0 Å². The first-order chi connectivity index (χ1) is 17.5. The molecule has 0 bridgehead atoms. The average molecular weight is 522 g/mol. The third-order valence-electron chi connectivity index (χ3n) is 6.07. The minimum atomic E-state index is -4.06. The van der Waals surface area contributed by atoms with E-state index in [1.54, 1.807) is 50.2 Å². The molecule has 1 atom stereocenters. The third kappa shape index (κ3) is 6.98. The summed E-state index contributed by atoms with van der Waals surface area (Å²) in [6.45, 7) is 8.85. The molecular weight excluding hydrogens is 486 g/mol. The van der Waals surface area contributed by atoms with Crippen LogP contribution in [-0.2, 0) is 26.2 Å². The van der Waals surface area contributed by atoms with Gasteiger partial charge in [-0.15, -0.1) is 0 Å². The molecule has 0 aliphatic rings. The predicted molar refractivity (Wildman–Crippen MR) is 147 cm³/mol. The predicted octanol–water partition coefficient (Wildman–Crippen LogP) is 4.44. The topological polar surface area (TPSA) is 86.8 Å². The number of para-hydroxylation sites is 1. The van der Waals surface area contributed by atoms with Crippen LogP contribution in [0.1, 0.15) is 37.5 Å². The Hall–Kier alpha value is -3.65. The zero-order valence-corrected chi connectivity index (χ0v) is 22.8. The number of aryl methyl sites for hydroxylation is 2. The van der Waals surface area contributed by atoms with Crippen molar-refractivity contribution in [3.63, 3.8) is 0 Å². The molecule has 37 heavy (non-hydrogen) atoms. The van der Waals surface area contributed by atoms with Crippen LogP contribution in [0.15, 0.2) is 83.8 Å². The number of rotatable bonds is 10. The Bertz CT molecular complexity index is 1320. The van der Waals surface area contributed by atoms with E-state index < -0.39 is 28.5 Å². The number of anilines is 1. The van der Waals surface area contributed by atoms with E-state index in [1.807, 2.05) is 51.1 Å². The lowest BCUT2D eigenvalue weighted by Gasteiger charge is -2.32. The molecule has 0 aromatic heterocycles. The van der Waals surface area contributed by atoms with Crippen LogP contribution in [0.4, 0.5) is 5.69 Å². The quantitative estimate of drug-likeness (QED) is 0.427. The molecule has 0 spiro atoms. The van der Waals surface area contributed by atoms with Crippen LogP contribution in [-0.4, -0.2) is 43.8 Å². The van der Waals surface area contributed by atoms with Crippen molar-refractivity contribution in [1.82, 2.24) is 10.2 Å². The second kappa shape index (κ2) is 12.1. The Labute approximate surface area is 220 Å². The molecule has 7 nitrogen and oxygen atoms in total. The van der Waals surface area contributed by atoms with Gasteiger partial charge in [0.25, 0.3) is 10.0 Å². The van der Waals surface area contributed by atoms with Crippen molar-refractivity contribution >= 4 is 27.5 Å². The molecule has 0 fully saturated rings. The van der Waals surface area contributed by atoms with Gasteiger partial charge in [-0.1, -0.05) is 66.2 Å². The van der Waals surface area contributed by atoms with Crippen molar-refractivity contribution in [3.05, 3.63) is 95.6 Å². The fraction of sp³-hybridized carbons (Fsp3) is 0.310. The largest absolute Gasteiger partial charge is 0.352 e. The lowest BCUT2D eigenvalue weighted by atomic mass is 10.1. The molecule has 0 unspecified atom stereocenters. The highest BCUT2D eigenvalue weighted by molar-refractivity contribution is 7.92. The summed E-state index contributed by atoms with van der Waals surface area (Å²) in [5.74, 6) is -0.779. The van der Waals surface area contributed by atoms with Crippen molar-refractivity contribution in [1.29, 1.82) is 0 Å². The van der Waals surface area contributed by atoms with E-state index in [2.05, 4.69) is 5.32 Å². The van der Waals surface area contributed by atoms with Gasteiger partial charge in [-0.05, 0) is 63.9 Å². The summed E-state index contributed by atoms with van der Waals surface area (Å²) in [4.78, 5) is 28.3. The summed E-state index contributed by atoms with van der Waals surface area (Å²) in [6.07, 6.45) is 0. The highest BCUT2D eigenvalue weighted by Crippen LogP contribution is 2.27. The SMILES string of the molecule is Cc1ccc(CN(C(=O)CN(c2ccccc2C)S(=O)(=O)c2ccccc2)[C@@H](C)C(=O)NC(C)C)cc1. The number of hydrogen-bond donors (Lipinski definition) is 1. The number of sulfonamides is 1. The number of nitrogens with one attached hydrogen (secondary N) is 1. The van der Waals surface area contributed by atoms with Gasteiger partial charge in [-0.3, -0.25) is 13.9 Å². The van der Waals surface area contributed by atoms with Crippen molar-refractivity contribution in [3.8, 4) is 0 Å². The molecule has 0 saturated heterocycles. The number of hydrogen-bond acceptors (Lipinski definition) is 4. The van der Waals surface area contributed by atoms with Crippen molar-refractivity contribution < 1.29 is 18.0 Å². The van der Waals surface area contributed by atoms with Gasteiger partial charge in [0.05, 0.1) is 10.6 Å². The molecule has 2 amide bonds. The first-order valence-corrected chi connectivity index (χ1v) is 13.7. The maximum Gasteiger partial charge on any atom is 0.264 e. The zero-order chi connectivity index (χ0) is 27.2. The number of nitrogens with zero attached hydrogens (tertiary/aromatic N) is 2. The summed E-state index contributed by atoms with van der Waals surface area (Å²) >= 11 is 0. The Kier molecular flexibility index (Phi) is 9.10. The smallest absolute Gasteiger partial charge is 0.264 e. The van der Waals surface area contributed by atoms with Crippen molar-refractivity contribution in [2.75, 3.05) is 10.8 Å². The van der Waals surface area contributed by atoms with Gasteiger partial charge in [0.1, 0.15) is 12.6 Å². The van der Waals surface area contributed by atoms with Crippen LogP contribution in [0.3, 0.4) is 0 Å². The van der Waals surface area contributed by atoms with E-state index in [0.717, 1.165) is 15.4 Å². The zero-order valence-electron chi connectivity index (χ0n) is 22.0. The molecule has 1 N–H and O–H groups in total. The molecule has 0 aliphatic carbocycles. The first kappa shape index (κ1) is 27.9. The van der Waals surface area contributed by atoms with Crippen LogP contribution >= 0.6 is 0 Å². The second-order valence-corrected chi connectivity index (χ2v) is 11.3. The van der Waals surface area contributed by atoms with E-state index in [4.69, 9.17) is 0 Å². The van der Waals surface area contributed by atoms with Crippen LogP contribution in [0, 0.1) is 13.8 Å². The minimum absolute atomic E-state index is 0.0849. The highest BCUT2D eigenvalue weighted by atomic mass is 32.2. The Balaban J connectivity index is 2.02. The number of benzene rings is 3. The van der Waals surface area contributed by atoms with Crippen LogP contribution in [0.5, 0.6) is 0 Å². The van der Waals surface area contributed by atoms with Crippen molar-refractivity contribution in [2.45, 2.75) is 58.1 Å². The molecule has 0 heterocycles. The number of carbonyl (C=O) groups is 2. The maximum absolute atomic E-state index is 13.9. The lowest BCUT2D eigenvalue weighted by molar-refractivity contribution is -0.139.